The molecule has 0 aliphatic heterocycles. The minimum atomic E-state index is 0.506. The van der Waals surface area contributed by atoms with E-state index in [2.05, 4.69) is 49.7 Å². The maximum absolute atomic E-state index is 4.07. The largest absolute Gasteiger partial charge is 0.146 e. The summed E-state index contributed by atoms with van der Waals surface area (Å²) in [6.07, 6.45) is 6.98. The number of thiophene rings is 1. The van der Waals surface area contributed by atoms with E-state index >= 15 is 0 Å². The predicted octanol–water partition coefficient (Wildman–Crippen LogP) is 6.41. The van der Waals surface area contributed by atoms with Crippen molar-refractivity contribution in [3.63, 3.8) is 0 Å². The Kier molecular flexibility index (Phi) is 4.59. The molecule has 1 aromatic heterocycles. The first-order valence-electron chi connectivity index (χ1n) is 7.15. The Morgan fingerprint density at radius 3 is 2.33 bits per heavy atom. The molecule has 0 saturated heterocycles. The minimum Gasteiger partial charge on any atom is -0.146 e. The quantitative estimate of drug-likeness (QED) is 0.560. The van der Waals surface area contributed by atoms with Gasteiger partial charge >= 0.3 is 0 Å². The van der Waals surface area contributed by atoms with Crippen molar-refractivity contribution in [3.8, 4) is 0 Å². The van der Waals surface area contributed by atoms with Crippen molar-refractivity contribution >= 4 is 27.3 Å². The van der Waals surface area contributed by atoms with Crippen LogP contribution in [0.5, 0.6) is 0 Å². The molecule has 1 aliphatic rings. The highest BCUT2D eigenvalue weighted by Crippen LogP contribution is 2.56. The van der Waals surface area contributed by atoms with E-state index in [1.165, 1.54) is 41.9 Å². The molecule has 2 rings (SSSR count). The summed E-state index contributed by atoms with van der Waals surface area (Å²) in [5, 5.41) is 0. The van der Waals surface area contributed by atoms with Crippen LogP contribution in [0.15, 0.2) is 6.07 Å². The van der Waals surface area contributed by atoms with E-state index in [9.17, 15) is 0 Å². The molecule has 0 radical (unpaired) electrons. The average Bonchev–Trinajstić information content (AvgIpc) is 2.84. The summed E-state index contributed by atoms with van der Waals surface area (Å²) in [5.41, 5.74) is 2.06. The summed E-state index contributed by atoms with van der Waals surface area (Å²) >= 11 is 6.01. The van der Waals surface area contributed by atoms with Crippen LogP contribution in [0.1, 0.15) is 66.1 Å². The van der Waals surface area contributed by atoms with E-state index in [0.29, 0.717) is 10.2 Å². The lowest BCUT2D eigenvalue weighted by atomic mass is 9.74. The second kappa shape index (κ2) is 5.66. The van der Waals surface area contributed by atoms with Crippen LogP contribution in [-0.2, 0) is 0 Å². The van der Waals surface area contributed by atoms with Gasteiger partial charge in [0.05, 0.1) is 0 Å². The van der Waals surface area contributed by atoms with Gasteiger partial charge in [-0.2, -0.15) is 0 Å². The molecule has 18 heavy (non-hydrogen) atoms. The smallest absolute Gasteiger partial charge is 0.0462 e. The predicted molar refractivity (Wildman–Crippen MR) is 85.8 cm³/mol. The molecular weight excluding hydrogens is 304 g/mol. The first kappa shape index (κ1) is 14.6. The minimum absolute atomic E-state index is 0.506. The molecule has 1 unspecified atom stereocenters. The lowest BCUT2D eigenvalue weighted by molar-refractivity contribution is 0.230. The maximum Gasteiger partial charge on any atom is 0.0462 e. The van der Waals surface area contributed by atoms with Crippen molar-refractivity contribution in [1.82, 2.24) is 0 Å². The number of hydrogen-bond acceptors (Lipinski definition) is 1. The van der Waals surface area contributed by atoms with Gasteiger partial charge in [-0.15, -0.1) is 11.3 Å². The molecule has 0 spiro atoms. The van der Waals surface area contributed by atoms with Crippen LogP contribution in [0.25, 0.3) is 0 Å². The molecule has 0 bridgehead atoms. The van der Waals surface area contributed by atoms with Crippen LogP contribution in [0.2, 0.25) is 0 Å². The van der Waals surface area contributed by atoms with Gasteiger partial charge in [-0.1, -0.05) is 42.6 Å². The van der Waals surface area contributed by atoms with Gasteiger partial charge in [0, 0.05) is 14.6 Å². The zero-order valence-corrected chi connectivity index (χ0v) is 14.5. The van der Waals surface area contributed by atoms with Gasteiger partial charge in [-0.25, -0.2) is 0 Å². The third-order valence-corrected chi connectivity index (χ3v) is 6.75. The van der Waals surface area contributed by atoms with E-state index in [4.69, 9.17) is 0 Å². The van der Waals surface area contributed by atoms with Gasteiger partial charge in [0.15, 0.2) is 0 Å². The third-order valence-electron chi connectivity index (χ3n) is 4.30. The normalized spacial score (nSPS) is 20.6. The van der Waals surface area contributed by atoms with Crippen molar-refractivity contribution in [2.75, 3.05) is 0 Å². The summed E-state index contributed by atoms with van der Waals surface area (Å²) in [7, 11) is 0. The first-order chi connectivity index (χ1) is 8.44. The van der Waals surface area contributed by atoms with Gasteiger partial charge in [0.1, 0.15) is 0 Å². The van der Waals surface area contributed by atoms with Gasteiger partial charge in [0.2, 0.25) is 0 Å². The zero-order valence-electron chi connectivity index (χ0n) is 12.1. The third kappa shape index (κ3) is 2.85. The molecule has 0 aromatic carbocycles. The van der Waals surface area contributed by atoms with E-state index in [1.807, 2.05) is 11.3 Å². The summed E-state index contributed by atoms with van der Waals surface area (Å²) in [5.74, 6) is 0.795. The lowest BCUT2D eigenvalue weighted by Crippen LogP contribution is -2.24. The number of rotatable bonds is 4. The van der Waals surface area contributed by atoms with Crippen molar-refractivity contribution < 1.29 is 0 Å². The van der Waals surface area contributed by atoms with Gasteiger partial charge in [-0.05, 0) is 56.1 Å². The van der Waals surface area contributed by atoms with Gasteiger partial charge in [-0.3, -0.25) is 0 Å². The summed E-state index contributed by atoms with van der Waals surface area (Å²) < 4.78 is 0. The topological polar surface area (TPSA) is 0 Å². The Labute approximate surface area is 124 Å². The van der Waals surface area contributed by atoms with Crippen LogP contribution >= 0.6 is 27.3 Å². The summed E-state index contributed by atoms with van der Waals surface area (Å²) in [4.78, 5) is 3.51. The van der Waals surface area contributed by atoms with Gasteiger partial charge in [0.25, 0.3) is 0 Å². The van der Waals surface area contributed by atoms with Gasteiger partial charge < -0.3 is 0 Å². The number of alkyl halides is 1. The Morgan fingerprint density at radius 2 is 1.89 bits per heavy atom. The highest BCUT2D eigenvalue weighted by atomic mass is 79.9. The van der Waals surface area contributed by atoms with Crippen molar-refractivity contribution in [3.05, 3.63) is 21.4 Å². The standard InChI is InChI=1S/C16H25BrS/c1-11(2)10-16(7-5-6-8-16)15(17)14-9-12(3)18-13(14)4/h9,11,15H,5-8,10H2,1-4H3. The molecule has 0 N–H and O–H groups in total. The van der Waals surface area contributed by atoms with E-state index < -0.39 is 0 Å². The highest BCUT2D eigenvalue weighted by molar-refractivity contribution is 9.09. The van der Waals surface area contributed by atoms with Crippen molar-refractivity contribution in [2.24, 2.45) is 11.3 Å². The zero-order chi connectivity index (χ0) is 13.3. The van der Waals surface area contributed by atoms with E-state index in [1.54, 1.807) is 5.56 Å². The van der Waals surface area contributed by atoms with Crippen molar-refractivity contribution in [1.29, 1.82) is 0 Å². The molecule has 102 valence electrons. The van der Waals surface area contributed by atoms with Crippen LogP contribution in [-0.4, -0.2) is 0 Å². The fourth-order valence-corrected chi connectivity index (χ4v) is 5.92. The van der Waals surface area contributed by atoms with Crippen LogP contribution in [0, 0.1) is 25.2 Å². The molecular formula is C16H25BrS. The first-order valence-corrected chi connectivity index (χ1v) is 8.89. The number of hydrogen-bond donors (Lipinski definition) is 0. The van der Waals surface area contributed by atoms with Crippen molar-refractivity contribution in [2.45, 2.75) is 64.6 Å². The molecule has 1 saturated carbocycles. The molecule has 1 aliphatic carbocycles. The maximum atomic E-state index is 4.07. The number of aryl methyl sites for hydroxylation is 2. The monoisotopic (exact) mass is 328 g/mol. The Bertz CT molecular complexity index is 399. The molecule has 1 fully saturated rings. The Morgan fingerprint density at radius 1 is 1.28 bits per heavy atom. The van der Waals surface area contributed by atoms with E-state index in [-0.39, 0.29) is 0 Å². The molecule has 0 amide bonds. The fraction of sp³-hybridized carbons (Fsp3) is 0.750. The van der Waals surface area contributed by atoms with Crippen LogP contribution in [0.4, 0.5) is 0 Å². The van der Waals surface area contributed by atoms with Crippen LogP contribution < -0.4 is 0 Å². The summed E-state index contributed by atoms with van der Waals surface area (Å²) in [6.45, 7) is 9.24. The second-order valence-corrected chi connectivity index (χ2v) is 8.77. The van der Waals surface area contributed by atoms with E-state index in [0.717, 1.165) is 5.92 Å². The molecule has 1 atom stereocenters. The highest BCUT2D eigenvalue weighted by Gasteiger charge is 2.41. The second-order valence-electron chi connectivity index (χ2n) is 6.40. The van der Waals surface area contributed by atoms with Crippen LogP contribution in [0.3, 0.4) is 0 Å². The SMILES string of the molecule is Cc1cc(C(Br)C2(CC(C)C)CCCC2)c(C)s1. The Hall–Kier alpha value is 0.180. The molecule has 0 nitrogen and oxygen atoms in total. The lowest BCUT2D eigenvalue weighted by Gasteiger charge is -2.36. The molecule has 1 heterocycles. The summed E-state index contributed by atoms with van der Waals surface area (Å²) in [6, 6.07) is 2.40. The number of halogens is 1. The fourth-order valence-electron chi connectivity index (χ4n) is 3.69. The molecule has 1 aromatic rings. The average molecular weight is 329 g/mol. The molecule has 2 heteroatoms. The Balaban J connectivity index is 2.28.